The Balaban J connectivity index is 1.88. The minimum atomic E-state index is -0.322. The lowest BCUT2D eigenvalue weighted by atomic mass is 10.2. The molecular weight excluding hydrogens is 258 g/mol. The molecule has 2 aromatic rings. The number of carbonyl (C=O) groups is 1. The first-order valence-corrected chi connectivity index (χ1v) is 6.23. The van der Waals surface area contributed by atoms with E-state index in [1.807, 2.05) is 24.3 Å². The molecular formula is C13H15N5O2. The number of carbonyl (C=O) groups excluding carboxylic acids is 1. The molecule has 104 valence electrons. The van der Waals surface area contributed by atoms with Crippen LogP contribution in [0.5, 0.6) is 5.75 Å². The van der Waals surface area contributed by atoms with Gasteiger partial charge in [0.05, 0.1) is 6.61 Å². The maximum Gasteiger partial charge on any atom is 0.270 e. The average Bonchev–Trinajstić information content (AvgIpc) is 2.97. The summed E-state index contributed by atoms with van der Waals surface area (Å²) >= 11 is 0. The lowest BCUT2D eigenvalue weighted by Gasteiger charge is -2.03. The van der Waals surface area contributed by atoms with Crippen LogP contribution in [0.1, 0.15) is 18.9 Å². The molecule has 0 aliphatic heterocycles. The molecule has 2 N–H and O–H groups in total. The fraction of sp³-hybridized carbons (Fsp3) is 0.231. The summed E-state index contributed by atoms with van der Waals surface area (Å²) in [5.41, 5.74) is 0.900. The Labute approximate surface area is 116 Å². The highest BCUT2D eigenvalue weighted by atomic mass is 16.5. The van der Waals surface area contributed by atoms with Crippen molar-refractivity contribution in [2.45, 2.75) is 13.3 Å². The lowest BCUT2D eigenvalue weighted by molar-refractivity contribution is -0.111. The van der Waals surface area contributed by atoms with E-state index in [-0.39, 0.29) is 11.9 Å². The third-order valence-corrected chi connectivity index (χ3v) is 2.36. The number of amides is 1. The van der Waals surface area contributed by atoms with Gasteiger partial charge < -0.3 is 4.74 Å². The van der Waals surface area contributed by atoms with Gasteiger partial charge in [-0.3, -0.25) is 10.1 Å². The van der Waals surface area contributed by atoms with Gasteiger partial charge in [-0.05, 0) is 35.4 Å². The highest BCUT2D eigenvalue weighted by Crippen LogP contribution is 2.13. The van der Waals surface area contributed by atoms with Crippen LogP contribution in [0.25, 0.3) is 6.08 Å². The topological polar surface area (TPSA) is 92.8 Å². The van der Waals surface area contributed by atoms with Crippen molar-refractivity contribution < 1.29 is 9.53 Å². The molecule has 1 aromatic carbocycles. The van der Waals surface area contributed by atoms with Gasteiger partial charge in [-0.2, -0.15) is 5.21 Å². The number of hydrogen-bond acceptors (Lipinski definition) is 5. The van der Waals surface area contributed by atoms with Gasteiger partial charge in [-0.1, -0.05) is 24.2 Å². The van der Waals surface area contributed by atoms with Gasteiger partial charge in [0.25, 0.3) is 11.9 Å². The first kappa shape index (κ1) is 13.7. The summed E-state index contributed by atoms with van der Waals surface area (Å²) in [5.74, 6) is 0.640. The normalized spacial score (nSPS) is 10.7. The van der Waals surface area contributed by atoms with Crippen molar-refractivity contribution in [2.75, 3.05) is 11.9 Å². The zero-order valence-corrected chi connectivity index (χ0v) is 11.0. The number of H-pyrrole nitrogens is 1. The number of aromatic amines is 1. The fourth-order valence-electron chi connectivity index (χ4n) is 1.43. The monoisotopic (exact) mass is 273 g/mol. The van der Waals surface area contributed by atoms with E-state index < -0.39 is 0 Å². The maximum atomic E-state index is 11.5. The predicted molar refractivity (Wildman–Crippen MR) is 74.1 cm³/mol. The lowest BCUT2D eigenvalue weighted by Crippen LogP contribution is -2.09. The largest absolute Gasteiger partial charge is 0.494 e. The molecule has 7 nitrogen and oxygen atoms in total. The summed E-state index contributed by atoms with van der Waals surface area (Å²) in [6, 6.07) is 7.49. The van der Waals surface area contributed by atoms with Crippen LogP contribution in [-0.4, -0.2) is 33.1 Å². The zero-order chi connectivity index (χ0) is 14.2. The van der Waals surface area contributed by atoms with Crippen molar-refractivity contribution in [3.8, 4) is 5.75 Å². The molecule has 0 saturated heterocycles. The second-order valence-electron chi connectivity index (χ2n) is 3.98. The Morgan fingerprint density at radius 2 is 2.20 bits per heavy atom. The smallest absolute Gasteiger partial charge is 0.270 e. The van der Waals surface area contributed by atoms with Crippen LogP contribution in [0.2, 0.25) is 0 Å². The van der Waals surface area contributed by atoms with Crippen molar-refractivity contribution in [1.29, 1.82) is 0 Å². The van der Waals surface area contributed by atoms with Crippen molar-refractivity contribution >= 4 is 17.9 Å². The predicted octanol–water partition coefficient (Wildman–Crippen LogP) is 1.64. The summed E-state index contributed by atoms with van der Waals surface area (Å²) in [4.78, 5) is 11.5. The van der Waals surface area contributed by atoms with Gasteiger partial charge in [0.15, 0.2) is 0 Å². The zero-order valence-electron chi connectivity index (χ0n) is 11.0. The number of tetrazole rings is 1. The number of ether oxygens (including phenoxy) is 1. The fourth-order valence-corrected chi connectivity index (χ4v) is 1.43. The highest BCUT2D eigenvalue weighted by molar-refractivity contribution is 6.00. The van der Waals surface area contributed by atoms with Crippen LogP contribution in [-0.2, 0) is 4.79 Å². The Morgan fingerprint density at radius 1 is 1.40 bits per heavy atom. The second-order valence-corrected chi connectivity index (χ2v) is 3.98. The van der Waals surface area contributed by atoms with E-state index in [2.05, 4.69) is 32.9 Å². The van der Waals surface area contributed by atoms with Crippen LogP contribution in [0.3, 0.4) is 0 Å². The molecule has 0 bridgehead atoms. The van der Waals surface area contributed by atoms with Crippen molar-refractivity contribution in [3.63, 3.8) is 0 Å². The minimum absolute atomic E-state index is 0.142. The van der Waals surface area contributed by atoms with Gasteiger partial charge in [-0.15, -0.1) is 5.10 Å². The Kier molecular flexibility index (Phi) is 4.82. The molecule has 1 aromatic heterocycles. The van der Waals surface area contributed by atoms with E-state index in [1.165, 1.54) is 6.08 Å². The van der Waals surface area contributed by atoms with Crippen LogP contribution in [0.4, 0.5) is 5.95 Å². The molecule has 0 saturated carbocycles. The van der Waals surface area contributed by atoms with Gasteiger partial charge >= 0.3 is 0 Å². The molecule has 1 amide bonds. The summed E-state index contributed by atoms with van der Waals surface area (Å²) in [5, 5.41) is 15.3. The molecule has 1 heterocycles. The standard InChI is InChI=1S/C13H15N5O2/c1-2-9-20-11-6-3-10(4-7-11)5-8-12(19)14-13-15-17-18-16-13/h3-8H,2,9H2,1H3,(H2,14,15,16,17,18,19)/b8-5+. The third kappa shape index (κ3) is 4.20. The van der Waals surface area contributed by atoms with Crippen LogP contribution in [0, 0.1) is 0 Å². The van der Waals surface area contributed by atoms with Crippen LogP contribution >= 0.6 is 0 Å². The first-order chi connectivity index (χ1) is 9.78. The van der Waals surface area contributed by atoms with Gasteiger partial charge in [0.1, 0.15) is 5.75 Å². The Hall–Kier alpha value is -2.70. The summed E-state index contributed by atoms with van der Waals surface area (Å²) in [7, 11) is 0. The summed E-state index contributed by atoms with van der Waals surface area (Å²) < 4.78 is 5.48. The molecule has 7 heteroatoms. The van der Waals surface area contributed by atoms with Crippen molar-refractivity contribution in [2.24, 2.45) is 0 Å². The van der Waals surface area contributed by atoms with Gasteiger partial charge in [0, 0.05) is 6.08 Å². The molecule has 0 spiro atoms. The van der Waals surface area contributed by atoms with E-state index in [9.17, 15) is 4.79 Å². The van der Waals surface area contributed by atoms with E-state index in [0.29, 0.717) is 6.61 Å². The van der Waals surface area contributed by atoms with Crippen LogP contribution in [0.15, 0.2) is 30.3 Å². The number of benzene rings is 1. The Morgan fingerprint density at radius 3 is 2.85 bits per heavy atom. The first-order valence-electron chi connectivity index (χ1n) is 6.23. The van der Waals surface area contributed by atoms with Crippen molar-refractivity contribution in [1.82, 2.24) is 20.6 Å². The molecule has 0 unspecified atom stereocenters. The molecule has 0 aliphatic carbocycles. The number of nitrogens with zero attached hydrogens (tertiary/aromatic N) is 3. The second kappa shape index (κ2) is 7.03. The van der Waals surface area contributed by atoms with E-state index in [4.69, 9.17) is 4.74 Å². The molecule has 0 atom stereocenters. The molecule has 0 aliphatic rings. The SMILES string of the molecule is CCCOc1ccc(/C=C/C(=O)Nc2nn[nH]n2)cc1. The molecule has 20 heavy (non-hydrogen) atoms. The van der Waals surface area contributed by atoms with E-state index in [0.717, 1.165) is 17.7 Å². The molecule has 0 fully saturated rings. The molecule has 2 rings (SSSR count). The summed E-state index contributed by atoms with van der Waals surface area (Å²) in [6.45, 7) is 2.75. The van der Waals surface area contributed by atoms with Gasteiger partial charge in [0.2, 0.25) is 0 Å². The van der Waals surface area contributed by atoms with Crippen molar-refractivity contribution in [3.05, 3.63) is 35.9 Å². The molecule has 0 radical (unpaired) electrons. The van der Waals surface area contributed by atoms with E-state index in [1.54, 1.807) is 6.08 Å². The number of rotatable bonds is 6. The van der Waals surface area contributed by atoms with E-state index >= 15 is 0 Å². The number of hydrogen-bond donors (Lipinski definition) is 2. The third-order valence-electron chi connectivity index (χ3n) is 2.36. The maximum absolute atomic E-state index is 11.5. The highest BCUT2D eigenvalue weighted by Gasteiger charge is 2.01. The minimum Gasteiger partial charge on any atom is -0.494 e. The quantitative estimate of drug-likeness (QED) is 0.780. The number of anilines is 1. The van der Waals surface area contributed by atoms with Gasteiger partial charge in [-0.25, -0.2) is 0 Å². The number of nitrogens with one attached hydrogen (secondary N) is 2. The Bertz CT molecular complexity index is 563. The summed E-state index contributed by atoms with van der Waals surface area (Å²) in [6.07, 6.45) is 4.06. The average molecular weight is 273 g/mol. The van der Waals surface area contributed by atoms with Crippen LogP contribution < -0.4 is 10.1 Å². The number of aromatic nitrogens is 4.